The van der Waals surface area contributed by atoms with Crippen molar-refractivity contribution in [2.24, 2.45) is 11.7 Å². The Hall–Kier alpha value is -0.0800. The van der Waals surface area contributed by atoms with Gasteiger partial charge in [-0.2, -0.15) is 0 Å². The van der Waals surface area contributed by atoms with Gasteiger partial charge in [-0.3, -0.25) is 0 Å². The third-order valence-corrected chi connectivity index (χ3v) is 3.42. The lowest BCUT2D eigenvalue weighted by molar-refractivity contribution is 0.169. The molecule has 0 aliphatic carbocycles. The summed E-state index contributed by atoms with van der Waals surface area (Å²) in [6, 6.07) is 0.387. The Bertz CT molecular complexity index is 139. The van der Waals surface area contributed by atoms with Crippen LogP contribution in [0.2, 0.25) is 0 Å². The third kappa shape index (κ3) is 3.97. The molecule has 0 amide bonds. The maximum absolute atomic E-state index is 5.96. The molecule has 0 aromatic carbocycles. The molecule has 14 heavy (non-hydrogen) atoms. The van der Waals surface area contributed by atoms with Crippen LogP contribution in [0.15, 0.2) is 0 Å². The summed E-state index contributed by atoms with van der Waals surface area (Å²) in [6.45, 7) is 8.12. The first-order valence-electron chi connectivity index (χ1n) is 6.24. The van der Waals surface area contributed by atoms with Gasteiger partial charge in [0.25, 0.3) is 0 Å². The molecular weight excluding hydrogens is 172 g/mol. The van der Waals surface area contributed by atoms with Crippen LogP contribution in [0.4, 0.5) is 0 Å². The molecule has 2 N–H and O–H groups in total. The van der Waals surface area contributed by atoms with Crippen molar-refractivity contribution >= 4 is 0 Å². The second-order valence-corrected chi connectivity index (χ2v) is 4.70. The maximum Gasteiger partial charge on any atom is 0.0165 e. The predicted molar refractivity (Wildman–Crippen MR) is 62.3 cm³/mol. The molecule has 1 heterocycles. The molecule has 84 valence electrons. The van der Waals surface area contributed by atoms with Crippen LogP contribution in [0, 0.1) is 5.92 Å². The first kappa shape index (κ1) is 12.0. The summed E-state index contributed by atoms with van der Waals surface area (Å²) in [4.78, 5) is 2.54. The van der Waals surface area contributed by atoms with E-state index in [2.05, 4.69) is 18.7 Å². The zero-order valence-electron chi connectivity index (χ0n) is 9.84. The molecule has 1 saturated heterocycles. The zero-order chi connectivity index (χ0) is 10.4. The van der Waals surface area contributed by atoms with E-state index in [1.807, 2.05) is 0 Å². The van der Waals surface area contributed by atoms with Crippen LogP contribution >= 0.6 is 0 Å². The quantitative estimate of drug-likeness (QED) is 0.734. The summed E-state index contributed by atoms with van der Waals surface area (Å²) in [5, 5.41) is 0. The largest absolute Gasteiger partial charge is 0.327 e. The van der Waals surface area contributed by atoms with E-state index in [0.717, 1.165) is 18.9 Å². The average Bonchev–Trinajstić information content (AvgIpc) is 2.21. The molecule has 1 unspecified atom stereocenters. The summed E-state index contributed by atoms with van der Waals surface area (Å²) in [5.74, 6) is 0.995. The highest BCUT2D eigenvalue weighted by Crippen LogP contribution is 2.21. The molecule has 1 rings (SSSR count). The smallest absolute Gasteiger partial charge is 0.0165 e. The van der Waals surface area contributed by atoms with Crippen molar-refractivity contribution in [3.05, 3.63) is 0 Å². The summed E-state index contributed by atoms with van der Waals surface area (Å²) < 4.78 is 0. The van der Waals surface area contributed by atoms with E-state index in [4.69, 9.17) is 5.73 Å². The second-order valence-electron chi connectivity index (χ2n) is 4.70. The number of piperidine rings is 1. The number of hydrogen-bond donors (Lipinski definition) is 1. The predicted octanol–water partition coefficient (Wildman–Crippen LogP) is 2.24. The number of nitrogens with two attached hydrogens (primary N) is 1. The molecule has 1 fully saturated rings. The lowest BCUT2D eigenvalue weighted by atomic mass is 9.92. The van der Waals surface area contributed by atoms with Gasteiger partial charge in [0, 0.05) is 12.6 Å². The minimum Gasteiger partial charge on any atom is -0.327 e. The van der Waals surface area contributed by atoms with E-state index in [1.165, 1.54) is 38.8 Å². The molecule has 2 nitrogen and oxygen atoms in total. The highest BCUT2D eigenvalue weighted by Gasteiger charge is 2.19. The van der Waals surface area contributed by atoms with Crippen molar-refractivity contribution in [2.45, 2.75) is 52.0 Å². The van der Waals surface area contributed by atoms with Gasteiger partial charge in [0.05, 0.1) is 0 Å². The average molecular weight is 198 g/mol. The Labute approximate surface area is 88.8 Å². The maximum atomic E-state index is 5.96. The van der Waals surface area contributed by atoms with Crippen molar-refractivity contribution in [1.82, 2.24) is 4.90 Å². The van der Waals surface area contributed by atoms with Crippen molar-refractivity contribution in [1.29, 1.82) is 0 Å². The Balaban J connectivity index is 2.15. The topological polar surface area (TPSA) is 29.3 Å². The number of hydrogen-bond acceptors (Lipinski definition) is 2. The molecule has 0 aromatic rings. The SMILES string of the molecule is CCCC1CCN(CC(N)CC)CC1. The van der Waals surface area contributed by atoms with E-state index >= 15 is 0 Å². The van der Waals surface area contributed by atoms with Gasteiger partial charge in [0.2, 0.25) is 0 Å². The van der Waals surface area contributed by atoms with Gasteiger partial charge in [0.1, 0.15) is 0 Å². The molecule has 1 atom stereocenters. The van der Waals surface area contributed by atoms with Crippen molar-refractivity contribution < 1.29 is 0 Å². The fourth-order valence-electron chi connectivity index (χ4n) is 2.33. The summed E-state index contributed by atoms with van der Waals surface area (Å²) in [6.07, 6.45) is 6.66. The summed E-state index contributed by atoms with van der Waals surface area (Å²) in [5.41, 5.74) is 5.96. The van der Waals surface area contributed by atoms with Crippen LogP contribution in [-0.2, 0) is 0 Å². The number of rotatable bonds is 5. The van der Waals surface area contributed by atoms with Crippen LogP contribution in [0.25, 0.3) is 0 Å². The Kier molecular flexibility index (Phi) is 5.49. The highest BCUT2D eigenvalue weighted by atomic mass is 15.1. The van der Waals surface area contributed by atoms with E-state index in [1.54, 1.807) is 0 Å². The van der Waals surface area contributed by atoms with Crippen LogP contribution in [0.5, 0.6) is 0 Å². The van der Waals surface area contributed by atoms with Gasteiger partial charge < -0.3 is 10.6 Å². The van der Waals surface area contributed by atoms with Crippen LogP contribution in [0.1, 0.15) is 46.0 Å². The lowest BCUT2D eigenvalue weighted by Gasteiger charge is -2.33. The monoisotopic (exact) mass is 198 g/mol. The molecule has 0 radical (unpaired) electrons. The summed E-state index contributed by atoms with van der Waals surface area (Å²) in [7, 11) is 0. The zero-order valence-corrected chi connectivity index (χ0v) is 9.84. The molecule has 1 aliphatic rings. The van der Waals surface area contributed by atoms with Crippen molar-refractivity contribution in [3.8, 4) is 0 Å². The third-order valence-electron chi connectivity index (χ3n) is 3.42. The molecule has 2 heteroatoms. The second kappa shape index (κ2) is 6.41. The van der Waals surface area contributed by atoms with E-state index < -0.39 is 0 Å². The highest BCUT2D eigenvalue weighted by molar-refractivity contribution is 4.75. The van der Waals surface area contributed by atoms with Gasteiger partial charge in [-0.1, -0.05) is 26.7 Å². The molecule has 1 aliphatic heterocycles. The first-order chi connectivity index (χ1) is 6.76. The Morgan fingerprint density at radius 2 is 1.93 bits per heavy atom. The van der Waals surface area contributed by atoms with Gasteiger partial charge in [0.15, 0.2) is 0 Å². The molecule has 0 saturated carbocycles. The fraction of sp³-hybridized carbons (Fsp3) is 1.00. The standard InChI is InChI=1S/C12H26N2/c1-3-5-11-6-8-14(9-7-11)10-12(13)4-2/h11-12H,3-10,13H2,1-2H3. The van der Waals surface area contributed by atoms with Crippen molar-refractivity contribution in [3.63, 3.8) is 0 Å². The number of likely N-dealkylation sites (tertiary alicyclic amines) is 1. The van der Waals surface area contributed by atoms with Crippen LogP contribution in [-0.4, -0.2) is 30.6 Å². The van der Waals surface area contributed by atoms with Crippen LogP contribution < -0.4 is 5.73 Å². The molecule has 0 aromatic heterocycles. The minimum atomic E-state index is 0.387. The van der Waals surface area contributed by atoms with Gasteiger partial charge in [-0.25, -0.2) is 0 Å². The first-order valence-corrected chi connectivity index (χ1v) is 6.24. The summed E-state index contributed by atoms with van der Waals surface area (Å²) >= 11 is 0. The number of nitrogens with zero attached hydrogens (tertiary/aromatic N) is 1. The van der Waals surface area contributed by atoms with Gasteiger partial charge in [-0.15, -0.1) is 0 Å². The van der Waals surface area contributed by atoms with E-state index in [9.17, 15) is 0 Å². The molecular formula is C12H26N2. The lowest BCUT2D eigenvalue weighted by Crippen LogP contribution is -2.41. The van der Waals surface area contributed by atoms with E-state index in [-0.39, 0.29) is 0 Å². The Morgan fingerprint density at radius 3 is 2.43 bits per heavy atom. The van der Waals surface area contributed by atoms with E-state index in [0.29, 0.717) is 6.04 Å². The van der Waals surface area contributed by atoms with Gasteiger partial charge in [-0.05, 0) is 38.3 Å². The minimum absolute atomic E-state index is 0.387. The molecule has 0 bridgehead atoms. The van der Waals surface area contributed by atoms with Crippen molar-refractivity contribution in [2.75, 3.05) is 19.6 Å². The molecule has 0 spiro atoms. The Morgan fingerprint density at radius 1 is 1.29 bits per heavy atom. The van der Waals surface area contributed by atoms with Gasteiger partial charge >= 0.3 is 0 Å². The fourth-order valence-corrected chi connectivity index (χ4v) is 2.33. The normalized spacial score (nSPS) is 22.5. The van der Waals surface area contributed by atoms with Crippen LogP contribution in [0.3, 0.4) is 0 Å².